The Bertz CT molecular complexity index is 1090. The van der Waals surface area contributed by atoms with E-state index in [0.29, 0.717) is 35.9 Å². The number of allylic oxidation sites excluding steroid dienone is 4. The summed E-state index contributed by atoms with van der Waals surface area (Å²) in [6.45, 7) is 7.94. The molecule has 3 nitrogen and oxygen atoms in total. The lowest BCUT2D eigenvalue weighted by atomic mass is 9.51. The maximum Gasteiger partial charge on any atom is 0.184 e. The number of rotatable bonds is 1. The van der Waals surface area contributed by atoms with E-state index in [9.17, 15) is 13.8 Å². The monoisotopic (exact) mass is 454 g/mol. The van der Waals surface area contributed by atoms with E-state index in [1.807, 2.05) is 26.8 Å². The third-order valence-corrected chi connectivity index (χ3v) is 9.84. The van der Waals surface area contributed by atoms with E-state index in [1.54, 1.807) is 12.5 Å². The van der Waals surface area contributed by atoms with Gasteiger partial charge in [-0.25, -0.2) is 0 Å². The third kappa shape index (κ3) is 4.07. The molecular weight excluding hydrogens is 416 g/mol. The highest BCUT2D eigenvalue weighted by atomic mass is 32.2. The Balaban J connectivity index is 1.60. The summed E-state index contributed by atoms with van der Waals surface area (Å²) in [5.74, 6) is 9.23. The van der Waals surface area contributed by atoms with Gasteiger partial charge in [-0.3, -0.25) is 13.8 Å². The van der Waals surface area contributed by atoms with Gasteiger partial charge in [-0.2, -0.15) is 0 Å². The zero-order valence-corrected chi connectivity index (χ0v) is 21.4. The fraction of sp³-hybridized carbons (Fsp3) is 0.679. The first-order chi connectivity index (χ1) is 14.8. The van der Waals surface area contributed by atoms with Gasteiger partial charge in [0.05, 0.1) is 0 Å². The van der Waals surface area contributed by atoms with Crippen LogP contribution in [0.2, 0.25) is 0 Å². The van der Waals surface area contributed by atoms with Crippen LogP contribution in [0.3, 0.4) is 0 Å². The lowest BCUT2D eigenvalue weighted by Crippen LogP contribution is -2.45. The average Bonchev–Trinajstić information content (AvgIpc) is 3.02. The van der Waals surface area contributed by atoms with Crippen molar-refractivity contribution in [2.24, 2.45) is 34.5 Å². The van der Waals surface area contributed by atoms with Crippen molar-refractivity contribution in [3.63, 3.8) is 0 Å². The quantitative estimate of drug-likeness (QED) is 0.414. The average molecular weight is 455 g/mol. The summed E-state index contributed by atoms with van der Waals surface area (Å²) >= 11 is 0. The molecular formula is C28H38O3S. The van der Waals surface area contributed by atoms with E-state index < -0.39 is 14.9 Å². The highest BCUT2D eigenvalue weighted by Crippen LogP contribution is 2.61. The summed E-state index contributed by atoms with van der Waals surface area (Å²) in [6.07, 6.45) is 14.8. The van der Waals surface area contributed by atoms with Crippen LogP contribution in [0.5, 0.6) is 0 Å². The molecule has 5 atom stereocenters. The number of hydrogen-bond donors (Lipinski definition) is 0. The summed E-state index contributed by atoms with van der Waals surface area (Å²) in [6, 6.07) is 0. The molecule has 1 unspecified atom stereocenters. The Hall–Kier alpha value is -1.60. The maximum absolute atomic E-state index is 13.0. The van der Waals surface area contributed by atoms with Crippen molar-refractivity contribution >= 4 is 26.0 Å². The molecule has 0 aromatic heterocycles. The Morgan fingerprint density at radius 1 is 1.12 bits per heavy atom. The van der Waals surface area contributed by atoms with Crippen LogP contribution in [-0.4, -0.2) is 33.2 Å². The van der Waals surface area contributed by atoms with Gasteiger partial charge in [0.15, 0.2) is 11.6 Å². The zero-order valence-electron chi connectivity index (χ0n) is 20.5. The second-order valence-electron chi connectivity index (χ2n) is 12.0. The van der Waals surface area contributed by atoms with Crippen molar-refractivity contribution in [1.29, 1.82) is 0 Å². The molecule has 4 rings (SSSR count). The molecule has 2 saturated carbocycles. The molecule has 0 heterocycles. The topological polar surface area (TPSA) is 51.2 Å². The molecule has 4 heteroatoms. The fourth-order valence-electron chi connectivity index (χ4n) is 6.81. The maximum atomic E-state index is 13.0. The predicted octanol–water partition coefficient (Wildman–Crippen LogP) is 5.00. The molecule has 0 amide bonds. The minimum absolute atomic E-state index is 0.0398. The number of ketones is 2. The molecule has 174 valence electrons. The minimum atomic E-state index is -2.44. The van der Waals surface area contributed by atoms with E-state index in [-0.39, 0.29) is 16.1 Å². The molecule has 0 bridgehead atoms. The highest BCUT2D eigenvalue weighted by Gasteiger charge is 2.53. The van der Waals surface area contributed by atoms with Crippen molar-refractivity contribution in [2.45, 2.75) is 72.6 Å². The Labute approximate surface area is 194 Å². The van der Waals surface area contributed by atoms with Crippen molar-refractivity contribution in [3.05, 3.63) is 23.3 Å². The molecule has 2 fully saturated rings. The standard InChI is InChI=1S/C28H38O3S/c1-27(2,3)26(30)25(32(5,6)31)14-9-19-8-13-24-23-11-7-18-17-20(29)10-12-21(18)22(23)15-16-28(19,24)4/h8,17,21-24H,7,10-13,15-16H2,1-6H3/t21-,22?,23+,24-,28+/m0/s1. The fourth-order valence-corrected chi connectivity index (χ4v) is 7.86. The summed E-state index contributed by atoms with van der Waals surface area (Å²) < 4.78 is 12.9. The van der Waals surface area contributed by atoms with E-state index >= 15 is 0 Å². The van der Waals surface area contributed by atoms with Crippen molar-refractivity contribution in [2.75, 3.05) is 12.5 Å². The summed E-state index contributed by atoms with van der Waals surface area (Å²) in [7, 11) is -2.44. The van der Waals surface area contributed by atoms with Crippen LogP contribution in [0.15, 0.2) is 23.3 Å². The van der Waals surface area contributed by atoms with E-state index in [4.69, 9.17) is 0 Å². The largest absolute Gasteiger partial charge is 0.295 e. The lowest BCUT2D eigenvalue weighted by Gasteiger charge is -2.53. The molecule has 4 aliphatic rings. The molecule has 0 radical (unpaired) electrons. The molecule has 0 spiro atoms. The van der Waals surface area contributed by atoms with Gasteiger partial charge in [0.2, 0.25) is 0 Å². The van der Waals surface area contributed by atoms with Crippen LogP contribution >= 0.6 is 0 Å². The predicted molar refractivity (Wildman–Crippen MR) is 133 cm³/mol. The van der Waals surface area contributed by atoms with Crippen molar-refractivity contribution in [1.82, 2.24) is 0 Å². The Morgan fingerprint density at radius 3 is 2.50 bits per heavy atom. The van der Waals surface area contributed by atoms with Crippen LogP contribution in [0.25, 0.3) is 0 Å². The van der Waals surface area contributed by atoms with Crippen LogP contribution < -0.4 is 0 Å². The van der Waals surface area contributed by atoms with Crippen LogP contribution in [0.1, 0.15) is 72.6 Å². The number of carbonyl (C=O) groups excluding carboxylic acids is 2. The summed E-state index contributed by atoms with van der Waals surface area (Å²) in [5.41, 5.74) is 2.00. The number of fused-ring (bicyclic) bond motifs is 5. The van der Waals surface area contributed by atoms with Crippen LogP contribution in [0, 0.1) is 46.3 Å². The highest BCUT2D eigenvalue weighted by molar-refractivity contribution is 8.02. The first-order valence-corrected chi connectivity index (χ1v) is 14.5. The minimum Gasteiger partial charge on any atom is -0.295 e. The van der Waals surface area contributed by atoms with Crippen molar-refractivity contribution in [3.8, 4) is 11.8 Å². The molecule has 4 aliphatic carbocycles. The van der Waals surface area contributed by atoms with Crippen LogP contribution in [-0.2, 0) is 19.1 Å². The molecule has 32 heavy (non-hydrogen) atoms. The molecule has 0 aliphatic heterocycles. The smallest absolute Gasteiger partial charge is 0.184 e. The van der Waals surface area contributed by atoms with Crippen LogP contribution in [0.4, 0.5) is 0 Å². The second-order valence-corrected chi connectivity index (χ2v) is 14.9. The van der Waals surface area contributed by atoms with Gasteiger partial charge in [-0.15, -0.1) is 0 Å². The van der Waals surface area contributed by atoms with Gasteiger partial charge >= 0.3 is 0 Å². The third-order valence-electron chi connectivity index (χ3n) is 8.57. The number of carbonyl (C=O) groups is 2. The number of Topliss-reactive ketones (excluding diaryl/α,β-unsaturated/α-hetero) is 1. The Kier molecular flexibility index (Phi) is 5.90. The van der Waals surface area contributed by atoms with Gasteiger partial charge in [0.25, 0.3) is 0 Å². The van der Waals surface area contributed by atoms with Gasteiger partial charge in [-0.05, 0) is 83.7 Å². The summed E-state index contributed by atoms with van der Waals surface area (Å²) in [5, 5.41) is 0. The van der Waals surface area contributed by atoms with Gasteiger partial charge in [0, 0.05) is 35.3 Å². The second kappa shape index (κ2) is 8.01. The SMILES string of the molecule is CC(C)(C)C(=O)C(C#CC1=CC[C@H]2[C@@H]3CCC4=CC(=O)CC[C@@H]4C3CC[C@]12C)=S(C)(C)=O. The van der Waals surface area contributed by atoms with Gasteiger partial charge in [-0.1, -0.05) is 45.3 Å². The normalized spacial score (nSPS) is 34.2. The van der Waals surface area contributed by atoms with E-state index in [1.165, 1.54) is 18.4 Å². The Morgan fingerprint density at radius 2 is 1.84 bits per heavy atom. The van der Waals surface area contributed by atoms with Gasteiger partial charge in [0.1, 0.15) is 4.86 Å². The summed E-state index contributed by atoms with van der Waals surface area (Å²) in [4.78, 5) is 25.2. The molecule has 0 aromatic carbocycles. The first kappa shape index (κ1) is 23.6. The first-order valence-electron chi connectivity index (χ1n) is 12.1. The lowest BCUT2D eigenvalue weighted by molar-refractivity contribution is -0.119. The molecule has 0 saturated heterocycles. The zero-order chi connectivity index (χ0) is 23.5. The van der Waals surface area contributed by atoms with Crippen molar-refractivity contribution < 1.29 is 13.8 Å². The molecule has 0 N–H and O–H groups in total. The van der Waals surface area contributed by atoms with E-state index in [0.717, 1.165) is 31.3 Å². The number of hydrogen-bond acceptors (Lipinski definition) is 3. The van der Waals surface area contributed by atoms with E-state index in [2.05, 4.69) is 24.8 Å². The molecule has 0 aromatic rings. The van der Waals surface area contributed by atoms with Gasteiger partial charge < -0.3 is 0 Å².